The monoisotopic (exact) mass is 391 g/mol. The van der Waals surface area contributed by atoms with Crippen LogP contribution < -0.4 is 5.32 Å². The van der Waals surface area contributed by atoms with Crippen LogP contribution in [0.2, 0.25) is 0 Å². The highest BCUT2D eigenvalue weighted by molar-refractivity contribution is 9.10. The van der Waals surface area contributed by atoms with E-state index < -0.39 is 0 Å². The van der Waals surface area contributed by atoms with Crippen molar-refractivity contribution in [1.29, 1.82) is 0 Å². The molecule has 0 radical (unpaired) electrons. The second-order valence-electron chi connectivity index (χ2n) is 6.58. The third-order valence-electron chi connectivity index (χ3n) is 3.53. The Morgan fingerprint density at radius 3 is 2.35 bits per heavy atom. The predicted molar refractivity (Wildman–Crippen MR) is 103 cm³/mol. The largest absolute Gasteiger partial charge is 0.325 e. The quantitative estimate of drug-likeness (QED) is 0.668. The zero-order chi connectivity index (χ0) is 17.0. The van der Waals surface area contributed by atoms with Crippen molar-refractivity contribution in [3.05, 3.63) is 58.1 Å². The lowest BCUT2D eigenvalue weighted by atomic mass is 9.87. The fraction of sp³-hybridized carbons (Fsp3) is 0.316. The van der Waals surface area contributed by atoms with E-state index >= 15 is 0 Å². The van der Waals surface area contributed by atoms with Crippen molar-refractivity contribution in [2.45, 2.75) is 38.0 Å². The molecule has 23 heavy (non-hydrogen) atoms. The van der Waals surface area contributed by atoms with E-state index in [2.05, 4.69) is 66.3 Å². The van der Waals surface area contributed by atoms with E-state index in [9.17, 15) is 4.79 Å². The van der Waals surface area contributed by atoms with E-state index in [1.165, 1.54) is 5.56 Å². The van der Waals surface area contributed by atoms with Crippen molar-refractivity contribution in [2.24, 2.45) is 0 Å². The van der Waals surface area contributed by atoms with Crippen molar-refractivity contribution >= 4 is 39.3 Å². The third-order valence-corrected chi connectivity index (χ3v) is 5.43. The zero-order valence-corrected chi connectivity index (χ0v) is 16.3. The molecular formula is C19H22BrNOS. The van der Waals surface area contributed by atoms with Gasteiger partial charge in [-0.15, -0.1) is 11.8 Å². The van der Waals surface area contributed by atoms with Crippen LogP contribution in [0.4, 0.5) is 5.69 Å². The minimum Gasteiger partial charge on any atom is -0.325 e. The molecule has 0 fully saturated rings. The average molecular weight is 392 g/mol. The van der Waals surface area contributed by atoms with Gasteiger partial charge in [-0.3, -0.25) is 4.79 Å². The van der Waals surface area contributed by atoms with Crippen LogP contribution >= 0.6 is 27.7 Å². The fourth-order valence-electron chi connectivity index (χ4n) is 2.12. The summed E-state index contributed by atoms with van der Waals surface area (Å²) >= 11 is 5.01. The minimum atomic E-state index is 0.0108. The van der Waals surface area contributed by atoms with Gasteiger partial charge in [-0.1, -0.05) is 48.8 Å². The van der Waals surface area contributed by atoms with Crippen LogP contribution in [0, 0.1) is 6.92 Å². The number of carbonyl (C=O) groups excluding carboxylic acids is 1. The van der Waals surface area contributed by atoms with Gasteiger partial charge in [-0.05, 0) is 53.8 Å². The first kappa shape index (κ1) is 18.1. The molecule has 4 heteroatoms. The Morgan fingerprint density at radius 2 is 1.78 bits per heavy atom. The van der Waals surface area contributed by atoms with E-state index in [4.69, 9.17) is 0 Å². The summed E-state index contributed by atoms with van der Waals surface area (Å²) < 4.78 is 1.05. The number of carbonyl (C=O) groups is 1. The number of nitrogens with one attached hydrogen (secondary N) is 1. The van der Waals surface area contributed by atoms with Crippen LogP contribution in [0.1, 0.15) is 31.9 Å². The van der Waals surface area contributed by atoms with E-state index in [0.29, 0.717) is 5.75 Å². The minimum absolute atomic E-state index is 0.0108. The van der Waals surface area contributed by atoms with Gasteiger partial charge in [0.25, 0.3) is 0 Å². The van der Waals surface area contributed by atoms with E-state index in [1.807, 2.05) is 25.1 Å². The number of rotatable bonds is 4. The first-order valence-electron chi connectivity index (χ1n) is 7.55. The highest BCUT2D eigenvalue weighted by Crippen LogP contribution is 2.26. The fourth-order valence-corrected chi connectivity index (χ4v) is 3.06. The Kier molecular flexibility index (Phi) is 5.93. The molecule has 2 rings (SSSR count). The second kappa shape index (κ2) is 7.54. The maximum absolute atomic E-state index is 12.1. The summed E-state index contributed by atoms with van der Waals surface area (Å²) in [5.74, 6) is 0.417. The number of amides is 1. The Bertz CT molecular complexity index is 690. The summed E-state index contributed by atoms with van der Waals surface area (Å²) in [6.07, 6.45) is 0. The molecule has 2 nitrogen and oxygen atoms in total. The Labute approximate surface area is 151 Å². The summed E-state index contributed by atoms with van der Waals surface area (Å²) in [5, 5.41) is 2.94. The highest BCUT2D eigenvalue weighted by Gasteiger charge is 2.13. The number of thioether (sulfide) groups is 1. The number of anilines is 1. The Morgan fingerprint density at radius 1 is 1.13 bits per heavy atom. The molecule has 1 N–H and O–H groups in total. The van der Waals surface area contributed by atoms with Crippen LogP contribution in [-0.4, -0.2) is 11.7 Å². The molecule has 0 aromatic heterocycles. The van der Waals surface area contributed by atoms with Crippen LogP contribution in [0.25, 0.3) is 0 Å². The van der Waals surface area contributed by atoms with Gasteiger partial charge in [0.1, 0.15) is 0 Å². The lowest BCUT2D eigenvalue weighted by molar-refractivity contribution is -0.113. The summed E-state index contributed by atoms with van der Waals surface area (Å²) in [6.45, 7) is 8.60. The number of benzene rings is 2. The molecule has 1 amide bonds. The van der Waals surface area contributed by atoms with Crippen LogP contribution in [-0.2, 0) is 10.2 Å². The molecule has 0 unspecified atom stereocenters. The molecule has 2 aromatic carbocycles. The van der Waals surface area contributed by atoms with Crippen molar-refractivity contribution in [1.82, 2.24) is 0 Å². The molecular weight excluding hydrogens is 370 g/mol. The molecule has 0 saturated carbocycles. The standard InChI is InChI=1S/C19H22BrNOS/c1-13-11-15(7-10-17(13)20)21-18(22)12-23-16-8-5-14(6-9-16)19(2,3)4/h5-11H,12H2,1-4H3,(H,21,22). The van der Waals surface area contributed by atoms with Gasteiger partial charge < -0.3 is 5.32 Å². The van der Waals surface area contributed by atoms with Crippen molar-refractivity contribution in [2.75, 3.05) is 11.1 Å². The van der Waals surface area contributed by atoms with Gasteiger partial charge in [-0.2, -0.15) is 0 Å². The van der Waals surface area contributed by atoms with E-state index in [-0.39, 0.29) is 11.3 Å². The van der Waals surface area contributed by atoms with E-state index in [1.54, 1.807) is 11.8 Å². The summed E-state index contributed by atoms with van der Waals surface area (Å²) in [6, 6.07) is 14.3. The maximum atomic E-state index is 12.1. The van der Waals surface area contributed by atoms with Gasteiger partial charge in [0.05, 0.1) is 5.75 Å². The molecule has 0 spiro atoms. The zero-order valence-electron chi connectivity index (χ0n) is 13.9. The van der Waals surface area contributed by atoms with Crippen molar-refractivity contribution < 1.29 is 4.79 Å². The first-order valence-corrected chi connectivity index (χ1v) is 9.33. The van der Waals surface area contributed by atoms with Gasteiger partial charge >= 0.3 is 0 Å². The summed E-state index contributed by atoms with van der Waals surface area (Å²) in [7, 11) is 0. The Hall–Kier alpha value is -1.26. The molecule has 0 aliphatic heterocycles. The topological polar surface area (TPSA) is 29.1 Å². The number of hydrogen-bond acceptors (Lipinski definition) is 2. The molecule has 0 saturated heterocycles. The predicted octanol–water partition coefficient (Wildman–Crippen LogP) is 5.79. The average Bonchev–Trinajstić information content (AvgIpc) is 2.48. The Balaban J connectivity index is 1.90. The normalized spacial score (nSPS) is 11.3. The number of halogens is 1. The van der Waals surface area contributed by atoms with Gasteiger partial charge in [0.15, 0.2) is 0 Å². The van der Waals surface area contributed by atoms with Gasteiger partial charge in [0.2, 0.25) is 5.91 Å². The number of hydrogen-bond donors (Lipinski definition) is 1. The summed E-state index contributed by atoms with van der Waals surface area (Å²) in [5.41, 5.74) is 3.39. The molecule has 0 aliphatic rings. The number of aryl methyl sites for hydroxylation is 1. The highest BCUT2D eigenvalue weighted by atomic mass is 79.9. The third kappa shape index (κ3) is 5.40. The van der Waals surface area contributed by atoms with Crippen LogP contribution in [0.3, 0.4) is 0 Å². The molecule has 0 heterocycles. The smallest absolute Gasteiger partial charge is 0.234 e. The van der Waals surface area contributed by atoms with Gasteiger partial charge in [-0.25, -0.2) is 0 Å². The lowest BCUT2D eigenvalue weighted by Gasteiger charge is -2.19. The van der Waals surface area contributed by atoms with Crippen molar-refractivity contribution in [3.8, 4) is 0 Å². The molecule has 0 aliphatic carbocycles. The molecule has 0 atom stereocenters. The van der Waals surface area contributed by atoms with Crippen LogP contribution in [0.5, 0.6) is 0 Å². The second-order valence-corrected chi connectivity index (χ2v) is 8.48. The van der Waals surface area contributed by atoms with Crippen LogP contribution in [0.15, 0.2) is 51.8 Å². The summed E-state index contributed by atoms with van der Waals surface area (Å²) in [4.78, 5) is 13.2. The lowest BCUT2D eigenvalue weighted by Crippen LogP contribution is -2.14. The SMILES string of the molecule is Cc1cc(NC(=O)CSc2ccc(C(C)(C)C)cc2)ccc1Br. The molecule has 2 aromatic rings. The van der Waals surface area contributed by atoms with Crippen molar-refractivity contribution in [3.63, 3.8) is 0 Å². The van der Waals surface area contributed by atoms with E-state index in [0.717, 1.165) is 20.6 Å². The maximum Gasteiger partial charge on any atom is 0.234 e. The molecule has 122 valence electrons. The first-order chi connectivity index (χ1) is 10.8. The molecule has 0 bridgehead atoms. The van der Waals surface area contributed by atoms with Gasteiger partial charge in [0, 0.05) is 15.1 Å².